The average Bonchev–Trinajstić information content (AvgIpc) is 2.97. The summed E-state index contributed by atoms with van der Waals surface area (Å²) in [5.74, 6) is 0. The van der Waals surface area contributed by atoms with Gasteiger partial charge in [-0.1, -0.05) is 0 Å². The van der Waals surface area contributed by atoms with E-state index in [9.17, 15) is 0 Å². The third-order valence-electron chi connectivity index (χ3n) is 3.13. The van der Waals surface area contributed by atoms with E-state index in [4.69, 9.17) is 5.73 Å². The predicted octanol–water partition coefficient (Wildman–Crippen LogP) is 2.86. The Morgan fingerprint density at radius 1 is 1.28 bits per heavy atom. The van der Waals surface area contributed by atoms with Crippen LogP contribution in [-0.2, 0) is 5.54 Å². The second-order valence-electron chi connectivity index (χ2n) is 4.76. The number of nitrogens with two attached hydrogens (primary N) is 1. The second kappa shape index (κ2) is 3.81. The van der Waals surface area contributed by atoms with E-state index < -0.39 is 0 Å². The van der Waals surface area contributed by atoms with E-state index in [-0.39, 0.29) is 5.54 Å². The maximum atomic E-state index is 5.78. The molecule has 0 unspecified atom stereocenters. The Morgan fingerprint density at radius 3 is 2.83 bits per heavy atom. The van der Waals surface area contributed by atoms with Crippen LogP contribution in [0.5, 0.6) is 0 Å². The largest absolute Gasteiger partial charge is 0.399 e. The number of fused-ring (bicyclic) bond motifs is 1. The highest BCUT2D eigenvalue weighted by atomic mass is 32.1. The SMILES string of the molecule is CC(C)(c1nccs1)n1cnc2cc(N)ccc21. The van der Waals surface area contributed by atoms with Gasteiger partial charge in [0.2, 0.25) is 0 Å². The molecule has 0 aliphatic rings. The third-order valence-corrected chi connectivity index (χ3v) is 4.22. The zero-order valence-corrected chi connectivity index (χ0v) is 11.1. The van der Waals surface area contributed by atoms with Crippen molar-refractivity contribution in [3.8, 4) is 0 Å². The van der Waals surface area contributed by atoms with Gasteiger partial charge in [-0.3, -0.25) is 0 Å². The highest BCUT2D eigenvalue weighted by molar-refractivity contribution is 7.09. The third kappa shape index (κ3) is 1.59. The lowest BCUT2D eigenvalue weighted by Crippen LogP contribution is -2.26. The molecule has 5 heteroatoms. The molecule has 0 bridgehead atoms. The van der Waals surface area contributed by atoms with Crippen molar-refractivity contribution in [1.29, 1.82) is 0 Å². The molecule has 2 aromatic heterocycles. The molecule has 1 aromatic carbocycles. The van der Waals surface area contributed by atoms with Gasteiger partial charge in [-0.15, -0.1) is 11.3 Å². The van der Waals surface area contributed by atoms with Crippen LogP contribution in [0.2, 0.25) is 0 Å². The highest BCUT2D eigenvalue weighted by Gasteiger charge is 2.27. The molecule has 0 aliphatic heterocycles. The minimum absolute atomic E-state index is 0.209. The number of imidazole rings is 1. The molecule has 2 N–H and O–H groups in total. The first-order valence-electron chi connectivity index (χ1n) is 5.72. The Hall–Kier alpha value is -1.88. The number of nitrogen functional groups attached to an aromatic ring is 1. The monoisotopic (exact) mass is 258 g/mol. The summed E-state index contributed by atoms with van der Waals surface area (Å²) < 4.78 is 2.14. The highest BCUT2D eigenvalue weighted by Crippen LogP contribution is 2.30. The summed E-state index contributed by atoms with van der Waals surface area (Å²) in [5.41, 5.74) is 8.29. The first-order chi connectivity index (χ1) is 8.59. The molecular formula is C13H14N4S. The van der Waals surface area contributed by atoms with Crippen molar-refractivity contribution in [2.45, 2.75) is 19.4 Å². The van der Waals surface area contributed by atoms with Crippen molar-refractivity contribution in [3.05, 3.63) is 41.1 Å². The molecule has 0 saturated heterocycles. The summed E-state index contributed by atoms with van der Waals surface area (Å²) in [6.45, 7) is 4.28. The Morgan fingerprint density at radius 2 is 2.11 bits per heavy atom. The van der Waals surface area contributed by atoms with Crippen molar-refractivity contribution in [2.75, 3.05) is 5.73 Å². The maximum absolute atomic E-state index is 5.78. The average molecular weight is 258 g/mol. The fraction of sp³-hybridized carbons (Fsp3) is 0.231. The van der Waals surface area contributed by atoms with Gasteiger partial charge in [0.1, 0.15) is 5.01 Å². The minimum atomic E-state index is -0.209. The molecule has 18 heavy (non-hydrogen) atoms. The fourth-order valence-corrected chi connectivity index (χ4v) is 2.86. The zero-order chi connectivity index (χ0) is 12.8. The standard InChI is InChI=1S/C13H14N4S/c1-13(2,12-15-5-6-18-12)17-8-16-10-7-9(14)3-4-11(10)17/h3-8H,14H2,1-2H3. The summed E-state index contributed by atoms with van der Waals surface area (Å²) >= 11 is 1.66. The Kier molecular flexibility index (Phi) is 2.38. The number of thiazole rings is 1. The van der Waals surface area contributed by atoms with Crippen LogP contribution in [0.3, 0.4) is 0 Å². The van der Waals surface area contributed by atoms with E-state index in [1.165, 1.54) is 0 Å². The number of hydrogen-bond donors (Lipinski definition) is 1. The summed E-state index contributed by atoms with van der Waals surface area (Å²) in [6, 6.07) is 5.80. The summed E-state index contributed by atoms with van der Waals surface area (Å²) in [6.07, 6.45) is 3.68. The molecular weight excluding hydrogens is 244 g/mol. The molecule has 0 atom stereocenters. The molecule has 2 heterocycles. The lowest BCUT2D eigenvalue weighted by atomic mass is 10.1. The van der Waals surface area contributed by atoms with E-state index in [0.29, 0.717) is 0 Å². The molecule has 0 saturated carbocycles. The number of hydrogen-bond acceptors (Lipinski definition) is 4. The van der Waals surface area contributed by atoms with E-state index >= 15 is 0 Å². The lowest BCUT2D eigenvalue weighted by Gasteiger charge is -2.24. The lowest BCUT2D eigenvalue weighted by molar-refractivity contribution is 0.446. The van der Waals surface area contributed by atoms with Crippen LogP contribution in [0.25, 0.3) is 11.0 Å². The molecule has 92 valence electrons. The number of rotatable bonds is 2. The van der Waals surface area contributed by atoms with Crippen molar-refractivity contribution < 1.29 is 0 Å². The Balaban J connectivity index is 2.20. The number of anilines is 1. The van der Waals surface area contributed by atoms with Crippen molar-refractivity contribution >= 4 is 28.1 Å². The summed E-state index contributed by atoms with van der Waals surface area (Å²) in [5, 5.41) is 3.06. The predicted molar refractivity (Wildman–Crippen MR) is 74.7 cm³/mol. The number of nitrogens with zero attached hydrogens (tertiary/aromatic N) is 3. The minimum Gasteiger partial charge on any atom is -0.399 e. The summed E-state index contributed by atoms with van der Waals surface area (Å²) in [4.78, 5) is 8.83. The fourth-order valence-electron chi connectivity index (χ4n) is 2.10. The first kappa shape index (κ1) is 11.2. The smallest absolute Gasteiger partial charge is 0.118 e. The molecule has 0 fully saturated rings. The molecule has 0 spiro atoms. The second-order valence-corrected chi connectivity index (χ2v) is 5.65. The normalized spacial score (nSPS) is 12.1. The van der Waals surface area contributed by atoms with Crippen molar-refractivity contribution in [2.24, 2.45) is 0 Å². The molecule has 0 aliphatic carbocycles. The number of aromatic nitrogens is 3. The van der Waals surface area contributed by atoms with Gasteiger partial charge in [0, 0.05) is 17.3 Å². The van der Waals surface area contributed by atoms with Gasteiger partial charge in [-0.05, 0) is 32.0 Å². The van der Waals surface area contributed by atoms with E-state index in [0.717, 1.165) is 21.7 Å². The molecule has 3 aromatic rings. The quantitative estimate of drug-likeness (QED) is 0.719. The topological polar surface area (TPSA) is 56.7 Å². The number of benzene rings is 1. The van der Waals surface area contributed by atoms with Crippen LogP contribution >= 0.6 is 11.3 Å². The molecule has 4 nitrogen and oxygen atoms in total. The van der Waals surface area contributed by atoms with Crippen LogP contribution < -0.4 is 5.73 Å². The van der Waals surface area contributed by atoms with Crippen LogP contribution in [0.4, 0.5) is 5.69 Å². The van der Waals surface area contributed by atoms with E-state index in [2.05, 4.69) is 28.4 Å². The van der Waals surface area contributed by atoms with Gasteiger partial charge in [-0.2, -0.15) is 0 Å². The van der Waals surface area contributed by atoms with Gasteiger partial charge >= 0.3 is 0 Å². The van der Waals surface area contributed by atoms with Gasteiger partial charge < -0.3 is 10.3 Å². The molecule has 0 radical (unpaired) electrons. The molecule has 0 amide bonds. The zero-order valence-electron chi connectivity index (χ0n) is 10.3. The first-order valence-corrected chi connectivity index (χ1v) is 6.60. The van der Waals surface area contributed by atoms with Crippen LogP contribution in [0.15, 0.2) is 36.1 Å². The Labute approximate surface area is 109 Å². The van der Waals surface area contributed by atoms with Crippen LogP contribution in [0, 0.1) is 0 Å². The van der Waals surface area contributed by atoms with E-state index in [1.54, 1.807) is 11.3 Å². The van der Waals surface area contributed by atoms with Crippen LogP contribution in [-0.4, -0.2) is 14.5 Å². The van der Waals surface area contributed by atoms with Crippen molar-refractivity contribution in [1.82, 2.24) is 14.5 Å². The van der Waals surface area contributed by atoms with Crippen molar-refractivity contribution in [3.63, 3.8) is 0 Å². The Bertz CT molecular complexity index is 682. The summed E-state index contributed by atoms with van der Waals surface area (Å²) in [7, 11) is 0. The van der Waals surface area contributed by atoms with Gasteiger partial charge in [0.15, 0.2) is 0 Å². The van der Waals surface area contributed by atoms with Gasteiger partial charge in [0.25, 0.3) is 0 Å². The van der Waals surface area contributed by atoms with Gasteiger partial charge in [0.05, 0.1) is 22.9 Å². The van der Waals surface area contributed by atoms with E-state index in [1.807, 2.05) is 36.1 Å². The maximum Gasteiger partial charge on any atom is 0.118 e. The van der Waals surface area contributed by atoms with Gasteiger partial charge in [-0.25, -0.2) is 9.97 Å². The van der Waals surface area contributed by atoms with Crippen LogP contribution in [0.1, 0.15) is 18.9 Å². The molecule has 3 rings (SSSR count).